The number of nitrogens with zero attached hydrogens (tertiary/aromatic N) is 1. The van der Waals surface area contributed by atoms with Crippen LogP contribution in [0.3, 0.4) is 0 Å². The SMILES string of the molecule is NC(=O)c1cccc(CNC2CCN(C3CC3)CC2)c1. The number of carbonyl (C=O) groups excluding carboxylic acids is 1. The lowest BCUT2D eigenvalue weighted by Gasteiger charge is -2.32. The Hall–Kier alpha value is -1.39. The van der Waals surface area contributed by atoms with Crippen molar-refractivity contribution in [3.63, 3.8) is 0 Å². The second kappa shape index (κ2) is 5.94. The number of hydrogen-bond donors (Lipinski definition) is 2. The molecule has 0 spiro atoms. The smallest absolute Gasteiger partial charge is 0.248 e. The summed E-state index contributed by atoms with van der Waals surface area (Å²) in [6.45, 7) is 3.27. The van der Waals surface area contributed by atoms with Gasteiger partial charge in [0.25, 0.3) is 0 Å². The van der Waals surface area contributed by atoms with Crippen molar-refractivity contribution in [2.75, 3.05) is 13.1 Å². The third-order valence-corrected chi connectivity index (χ3v) is 4.40. The number of nitrogens with two attached hydrogens (primary N) is 1. The van der Waals surface area contributed by atoms with Gasteiger partial charge in [0.2, 0.25) is 5.91 Å². The molecule has 3 N–H and O–H groups in total. The first-order chi connectivity index (χ1) is 9.72. The van der Waals surface area contributed by atoms with Gasteiger partial charge < -0.3 is 16.0 Å². The van der Waals surface area contributed by atoms with E-state index in [0.717, 1.165) is 18.2 Å². The van der Waals surface area contributed by atoms with Gasteiger partial charge in [0, 0.05) is 24.2 Å². The fourth-order valence-electron chi connectivity index (χ4n) is 3.01. The highest BCUT2D eigenvalue weighted by atomic mass is 16.1. The van der Waals surface area contributed by atoms with Gasteiger partial charge >= 0.3 is 0 Å². The zero-order valence-electron chi connectivity index (χ0n) is 11.8. The van der Waals surface area contributed by atoms with Crippen molar-refractivity contribution in [3.8, 4) is 0 Å². The molecule has 1 heterocycles. The molecule has 0 atom stereocenters. The standard InChI is InChI=1S/C16H23N3O/c17-16(20)13-3-1-2-12(10-13)11-18-14-6-8-19(9-7-14)15-4-5-15/h1-3,10,14-15,18H,4-9,11H2,(H2,17,20). The number of primary amides is 1. The Balaban J connectivity index is 1.47. The molecule has 0 aromatic heterocycles. The highest BCUT2D eigenvalue weighted by Crippen LogP contribution is 2.29. The molecule has 1 aliphatic heterocycles. The number of benzene rings is 1. The normalized spacial score (nSPS) is 21.0. The van der Waals surface area contributed by atoms with Crippen molar-refractivity contribution < 1.29 is 4.79 Å². The minimum absolute atomic E-state index is 0.357. The average Bonchev–Trinajstić information content (AvgIpc) is 3.31. The van der Waals surface area contributed by atoms with Gasteiger partial charge in [-0.15, -0.1) is 0 Å². The van der Waals surface area contributed by atoms with Gasteiger partial charge in [-0.1, -0.05) is 12.1 Å². The molecule has 1 saturated heterocycles. The maximum absolute atomic E-state index is 11.2. The molecule has 20 heavy (non-hydrogen) atoms. The van der Waals surface area contributed by atoms with E-state index in [2.05, 4.69) is 10.2 Å². The summed E-state index contributed by atoms with van der Waals surface area (Å²) in [5.41, 5.74) is 7.03. The molecular formula is C16H23N3O. The molecule has 0 unspecified atom stereocenters. The molecule has 1 aliphatic carbocycles. The third kappa shape index (κ3) is 3.38. The zero-order valence-corrected chi connectivity index (χ0v) is 11.8. The number of nitrogens with one attached hydrogen (secondary N) is 1. The minimum Gasteiger partial charge on any atom is -0.366 e. The van der Waals surface area contributed by atoms with Crippen molar-refractivity contribution in [2.24, 2.45) is 5.73 Å². The first-order valence-corrected chi connectivity index (χ1v) is 7.58. The third-order valence-electron chi connectivity index (χ3n) is 4.40. The van der Waals surface area contributed by atoms with Gasteiger partial charge in [0.15, 0.2) is 0 Å². The van der Waals surface area contributed by atoms with Gasteiger partial charge in [0.1, 0.15) is 0 Å². The Labute approximate surface area is 120 Å². The van der Waals surface area contributed by atoms with Crippen LogP contribution >= 0.6 is 0 Å². The van der Waals surface area contributed by atoms with Crippen molar-refractivity contribution in [2.45, 2.75) is 44.3 Å². The minimum atomic E-state index is -0.357. The highest BCUT2D eigenvalue weighted by Gasteiger charge is 2.31. The lowest BCUT2D eigenvalue weighted by atomic mass is 10.0. The monoisotopic (exact) mass is 273 g/mol. The van der Waals surface area contributed by atoms with E-state index in [0.29, 0.717) is 11.6 Å². The molecule has 1 amide bonds. The van der Waals surface area contributed by atoms with Crippen LogP contribution in [0, 0.1) is 0 Å². The van der Waals surface area contributed by atoms with Gasteiger partial charge in [0.05, 0.1) is 0 Å². The van der Waals surface area contributed by atoms with Crippen LogP contribution in [0.1, 0.15) is 41.6 Å². The van der Waals surface area contributed by atoms with Gasteiger partial charge in [-0.3, -0.25) is 4.79 Å². The summed E-state index contributed by atoms with van der Waals surface area (Å²) >= 11 is 0. The van der Waals surface area contributed by atoms with E-state index in [1.807, 2.05) is 18.2 Å². The van der Waals surface area contributed by atoms with Crippen LogP contribution in [-0.4, -0.2) is 36.0 Å². The Bertz CT molecular complexity index is 476. The predicted octanol–water partition coefficient (Wildman–Crippen LogP) is 1.50. The quantitative estimate of drug-likeness (QED) is 0.855. The number of carbonyl (C=O) groups is 1. The molecular weight excluding hydrogens is 250 g/mol. The molecule has 1 aromatic carbocycles. The van der Waals surface area contributed by atoms with Crippen LogP contribution in [0.2, 0.25) is 0 Å². The van der Waals surface area contributed by atoms with Crippen LogP contribution < -0.4 is 11.1 Å². The Morgan fingerprint density at radius 2 is 2.00 bits per heavy atom. The largest absolute Gasteiger partial charge is 0.366 e. The van der Waals surface area contributed by atoms with E-state index in [9.17, 15) is 4.79 Å². The summed E-state index contributed by atoms with van der Waals surface area (Å²) in [5.74, 6) is -0.357. The lowest BCUT2D eigenvalue weighted by molar-refractivity contribution is 0.1000. The van der Waals surface area contributed by atoms with E-state index >= 15 is 0 Å². The number of rotatable bonds is 5. The molecule has 4 heteroatoms. The Kier molecular flexibility index (Phi) is 4.03. The van der Waals surface area contributed by atoms with Gasteiger partial charge in [-0.2, -0.15) is 0 Å². The lowest BCUT2D eigenvalue weighted by Crippen LogP contribution is -2.43. The van der Waals surface area contributed by atoms with Crippen molar-refractivity contribution >= 4 is 5.91 Å². The maximum Gasteiger partial charge on any atom is 0.248 e. The summed E-state index contributed by atoms with van der Waals surface area (Å²) in [5, 5.41) is 3.61. The molecule has 1 saturated carbocycles. The fourth-order valence-corrected chi connectivity index (χ4v) is 3.01. The second-order valence-corrected chi connectivity index (χ2v) is 5.99. The fraction of sp³-hybridized carbons (Fsp3) is 0.562. The molecule has 108 valence electrons. The van der Waals surface area contributed by atoms with Crippen molar-refractivity contribution in [3.05, 3.63) is 35.4 Å². The van der Waals surface area contributed by atoms with Gasteiger partial charge in [-0.25, -0.2) is 0 Å². The molecule has 0 radical (unpaired) electrons. The van der Waals surface area contributed by atoms with E-state index in [-0.39, 0.29) is 5.91 Å². The molecule has 2 fully saturated rings. The molecule has 2 aliphatic rings. The maximum atomic E-state index is 11.2. The first kappa shape index (κ1) is 13.6. The van der Waals surface area contributed by atoms with E-state index in [1.165, 1.54) is 38.8 Å². The summed E-state index contributed by atoms with van der Waals surface area (Å²) in [4.78, 5) is 13.8. The molecule has 4 nitrogen and oxygen atoms in total. The zero-order chi connectivity index (χ0) is 13.9. The van der Waals surface area contributed by atoms with Crippen LogP contribution in [-0.2, 0) is 6.54 Å². The molecule has 3 rings (SSSR count). The number of hydrogen-bond acceptors (Lipinski definition) is 3. The Morgan fingerprint density at radius 1 is 1.25 bits per heavy atom. The van der Waals surface area contributed by atoms with Gasteiger partial charge in [-0.05, 0) is 56.5 Å². The van der Waals surface area contributed by atoms with Crippen LogP contribution in [0.25, 0.3) is 0 Å². The summed E-state index contributed by atoms with van der Waals surface area (Å²) in [6, 6.07) is 9.07. The molecule has 1 aromatic rings. The molecule has 0 bridgehead atoms. The number of piperidine rings is 1. The first-order valence-electron chi connectivity index (χ1n) is 7.58. The number of likely N-dealkylation sites (tertiary alicyclic amines) is 1. The van der Waals surface area contributed by atoms with Crippen molar-refractivity contribution in [1.82, 2.24) is 10.2 Å². The van der Waals surface area contributed by atoms with Crippen molar-refractivity contribution in [1.29, 1.82) is 0 Å². The predicted molar refractivity (Wildman–Crippen MR) is 79.4 cm³/mol. The van der Waals surface area contributed by atoms with Crippen LogP contribution in [0.15, 0.2) is 24.3 Å². The topological polar surface area (TPSA) is 58.4 Å². The second-order valence-electron chi connectivity index (χ2n) is 5.99. The summed E-state index contributed by atoms with van der Waals surface area (Å²) in [6.07, 6.45) is 5.26. The van der Waals surface area contributed by atoms with E-state index in [4.69, 9.17) is 5.73 Å². The summed E-state index contributed by atoms with van der Waals surface area (Å²) in [7, 11) is 0. The van der Waals surface area contributed by atoms with Crippen LogP contribution in [0.4, 0.5) is 0 Å². The van der Waals surface area contributed by atoms with E-state index < -0.39 is 0 Å². The summed E-state index contributed by atoms with van der Waals surface area (Å²) < 4.78 is 0. The average molecular weight is 273 g/mol. The number of amides is 1. The van der Waals surface area contributed by atoms with Crippen LogP contribution in [0.5, 0.6) is 0 Å². The van der Waals surface area contributed by atoms with E-state index in [1.54, 1.807) is 6.07 Å². The Morgan fingerprint density at radius 3 is 2.65 bits per heavy atom. The highest BCUT2D eigenvalue weighted by molar-refractivity contribution is 5.92.